The van der Waals surface area contributed by atoms with E-state index >= 15 is 0 Å². The van der Waals surface area contributed by atoms with Crippen LogP contribution in [0.3, 0.4) is 0 Å². The molecule has 0 saturated carbocycles. The smallest absolute Gasteiger partial charge is 0.141 e. The van der Waals surface area contributed by atoms with Gasteiger partial charge in [0.25, 0.3) is 0 Å². The maximum absolute atomic E-state index is 11.0. The van der Waals surface area contributed by atoms with E-state index < -0.39 is 11.1 Å². The lowest BCUT2D eigenvalue weighted by Crippen LogP contribution is -2.05. The van der Waals surface area contributed by atoms with Gasteiger partial charge in [-0.15, -0.1) is 0 Å². The van der Waals surface area contributed by atoms with E-state index in [0.29, 0.717) is 5.82 Å². The van der Waals surface area contributed by atoms with E-state index in [0.717, 1.165) is 16.6 Å². The van der Waals surface area contributed by atoms with Crippen molar-refractivity contribution >= 4 is 22.1 Å². The fourth-order valence-electron chi connectivity index (χ4n) is 2.12. The van der Waals surface area contributed by atoms with Crippen LogP contribution in [-0.4, -0.2) is 18.3 Å². The molecule has 0 aliphatic heterocycles. The van der Waals surface area contributed by atoms with Crippen LogP contribution in [0, 0.1) is 0 Å². The number of hydrogen-bond donors (Lipinski definition) is 0. The Labute approximate surface area is 113 Å². The maximum atomic E-state index is 11.0. The highest BCUT2D eigenvalue weighted by molar-refractivity contribution is 7.78. The van der Waals surface area contributed by atoms with E-state index in [-0.39, 0.29) is 5.88 Å². The van der Waals surface area contributed by atoms with Crippen molar-refractivity contribution in [2.45, 2.75) is 5.88 Å². The average Bonchev–Trinajstić information content (AvgIpc) is 2.78. The maximum Gasteiger partial charge on any atom is 0.141 e. The predicted molar refractivity (Wildman–Crippen MR) is 74.1 cm³/mol. The molecule has 0 amide bonds. The van der Waals surface area contributed by atoms with Gasteiger partial charge in [0.2, 0.25) is 0 Å². The van der Waals surface area contributed by atoms with Crippen molar-refractivity contribution in [2.24, 2.45) is 0 Å². The van der Waals surface area contributed by atoms with Crippen LogP contribution in [0.5, 0.6) is 0 Å². The minimum atomic E-state index is -2.16. The Bertz CT molecular complexity index is 738. The number of fused-ring (bicyclic) bond motifs is 1. The molecule has 5 heteroatoms. The van der Waals surface area contributed by atoms with Crippen molar-refractivity contribution in [3.05, 3.63) is 54.6 Å². The topological polar surface area (TPSA) is 57.9 Å². The zero-order chi connectivity index (χ0) is 13.2. The Kier molecular flexibility index (Phi) is 3.15. The van der Waals surface area contributed by atoms with Crippen molar-refractivity contribution in [3.8, 4) is 11.4 Å². The SMILES string of the molecule is O=S([O-])Cn1c(-c2ccccc2)nc2ccccc21. The second kappa shape index (κ2) is 4.95. The van der Waals surface area contributed by atoms with Crippen molar-refractivity contribution in [1.82, 2.24) is 9.55 Å². The summed E-state index contributed by atoms with van der Waals surface area (Å²) in [4.78, 5) is 4.53. The largest absolute Gasteiger partial charge is 0.771 e. The molecule has 3 aromatic rings. The summed E-state index contributed by atoms with van der Waals surface area (Å²) in [5.41, 5.74) is 2.53. The summed E-state index contributed by atoms with van der Waals surface area (Å²) >= 11 is -2.16. The first-order chi connectivity index (χ1) is 9.25. The molecule has 2 aromatic carbocycles. The lowest BCUT2D eigenvalue weighted by atomic mass is 10.2. The summed E-state index contributed by atoms with van der Waals surface area (Å²) in [6.45, 7) is 0. The molecule has 0 N–H and O–H groups in total. The van der Waals surface area contributed by atoms with Gasteiger partial charge in [-0.2, -0.15) is 0 Å². The Morgan fingerprint density at radius 1 is 1.05 bits per heavy atom. The fraction of sp³-hybridized carbons (Fsp3) is 0.0714. The molecule has 0 spiro atoms. The van der Waals surface area contributed by atoms with Crippen molar-refractivity contribution < 1.29 is 8.76 Å². The number of benzene rings is 2. The Hall–Kier alpha value is -1.98. The Balaban J connectivity index is 2.26. The van der Waals surface area contributed by atoms with Gasteiger partial charge in [-0.1, -0.05) is 42.5 Å². The normalized spacial score (nSPS) is 12.7. The summed E-state index contributed by atoms with van der Waals surface area (Å²) < 4.78 is 23.8. The highest BCUT2D eigenvalue weighted by atomic mass is 32.2. The Morgan fingerprint density at radius 3 is 2.47 bits per heavy atom. The molecule has 4 nitrogen and oxygen atoms in total. The van der Waals surface area contributed by atoms with E-state index in [1.54, 1.807) is 4.57 Å². The molecule has 0 aliphatic carbocycles. The van der Waals surface area contributed by atoms with Crippen LogP contribution >= 0.6 is 0 Å². The van der Waals surface area contributed by atoms with Gasteiger partial charge in [0, 0.05) is 5.56 Å². The minimum Gasteiger partial charge on any atom is -0.771 e. The highest BCUT2D eigenvalue weighted by Crippen LogP contribution is 2.24. The van der Waals surface area contributed by atoms with Gasteiger partial charge in [-0.05, 0) is 23.2 Å². The van der Waals surface area contributed by atoms with Crippen LogP contribution in [0.1, 0.15) is 0 Å². The van der Waals surface area contributed by atoms with E-state index in [4.69, 9.17) is 0 Å². The molecule has 0 saturated heterocycles. The molecule has 19 heavy (non-hydrogen) atoms. The van der Waals surface area contributed by atoms with Crippen molar-refractivity contribution in [2.75, 3.05) is 0 Å². The van der Waals surface area contributed by atoms with Crippen LogP contribution in [0.4, 0.5) is 0 Å². The third-order valence-corrected chi connectivity index (χ3v) is 3.39. The van der Waals surface area contributed by atoms with Gasteiger partial charge < -0.3 is 9.12 Å². The lowest BCUT2D eigenvalue weighted by Gasteiger charge is -2.11. The van der Waals surface area contributed by atoms with E-state index in [2.05, 4.69) is 4.98 Å². The second-order valence-electron chi connectivity index (χ2n) is 4.15. The first kappa shape index (κ1) is 12.1. The van der Waals surface area contributed by atoms with Crippen molar-refractivity contribution in [3.63, 3.8) is 0 Å². The molecule has 1 atom stereocenters. The average molecular weight is 271 g/mol. The zero-order valence-corrected chi connectivity index (χ0v) is 10.8. The summed E-state index contributed by atoms with van der Waals surface area (Å²) in [5.74, 6) is 0.580. The van der Waals surface area contributed by atoms with Gasteiger partial charge in [-0.3, -0.25) is 4.21 Å². The summed E-state index contributed by atoms with van der Waals surface area (Å²) in [5, 5.41) is 0. The second-order valence-corrected chi connectivity index (χ2v) is 5.02. The molecule has 0 aliphatic rings. The van der Waals surface area contributed by atoms with Gasteiger partial charge in [0.15, 0.2) is 0 Å². The fourth-order valence-corrected chi connectivity index (χ4v) is 2.59. The summed E-state index contributed by atoms with van der Waals surface area (Å²) in [7, 11) is 0. The van der Waals surface area contributed by atoms with Crippen molar-refractivity contribution in [1.29, 1.82) is 0 Å². The first-order valence-corrected chi connectivity index (χ1v) is 7.06. The van der Waals surface area contributed by atoms with E-state index in [1.165, 1.54) is 0 Å². The van der Waals surface area contributed by atoms with Crippen LogP contribution < -0.4 is 0 Å². The van der Waals surface area contributed by atoms with Gasteiger partial charge in [-0.25, -0.2) is 4.98 Å². The number of nitrogens with zero attached hydrogens (tertiary/aromatic N) is 2. The number of aromatic nitrogens is 2. The number of hydrogen-bond acceptors (Lipinski definition) is 3. The van der Waals surface area contributed by atoms with Crippen LogP contribution in [-0.2, 0) is 17.0 Å². The molecule has 3 rings (SSSR count). The molecular formula is C14H11N2O2S-. The summed E-state index contributed by atoms with van der Waals surface area (Å²) in [6.07, 6.45) is 0. The van der Waals surface area contributed by atoms with Gasteiger partial charge in [0.05, 0.1) is 16.9 Å². The molecule has 0 fully saturated rings. The number of para-hydroxylation sites is 2. The summed E-state index contributed by atoms with van der Waals surface area (Å²) in [6, 6.07) is 17.1. The minimum absolute atomic E-state index is 0.0925. The molecule has 1 unspecified atom stereocenters. The van der Waals surface area contributed by atoms with Gasteiger partial charge in [0.1, 0.15) is 5.82 Å². The van der Waals surface area contributed by atoms with Crippen LogP contribution in [0.15, 0.2) is 54.6 Å². The zero-order valence-electron chi connectivity index (χ0n) is 10.0. The number of rotatable bonds is 3. The first-order valence-electron chi connectivity index (χ1n) is 5.82. The quantitative estimate of drug-likeness (QED) is 0.688. The third kappa shape index (κ3) is 2.30. The molecule has 0 radical (unpaired) electrons. The molecule has 0 bridgehead atoms. The van der Waals surface area contributed by atoms with E-state index in [9.17, 15) is 8.76 Å². The molecule has 1 heterocycles. The van der Waals surface area contributed by atoms with E-state index in [1.807, 2.05) is 54.6 Å². The lowest BCUT2D eigenvalue weighted by molar-refractivity contribution is 0.527. The number of imidazole rings is 1. The monoisotopic (exact) mass is 271 g/mol. The molecular weight excluding hydrogens is 260 g/mol. The standard InChI is InChI=1S/C14H12N2O2S/c17-19(18)10-16-13-9-5-4-8-12(13)15-14(16)11-6-2-1-3-7-11/h1-9H,10H2,(H,17,18)/p-1. The Morgan fingerprint density at radius 2 is 1.74 bits per heavy atom. The highest BCUT2D eigenvalue weighted by Gasteiger charge is 2.11. The predicted octanol–water partition coefficient (Wildman–Crippen LogP) is 2.54. The molecule has 96 valence electrons. The third-order valence-electron chi connectivity index (χ3n) is 2.92. The van der Waals surface area contributed by atoms with Crippen LogP contribution in [0.2, 0.25) is 0 Å². The van der Waals surface area contributed by atoms with Gasteiger partial charge >= 0.3 is 0 Å². The molecule has 1 aromatic heterocycles. The van der Waals surface area contributed by atoms with Crippen LogP contribution in [0.25, 0.3) is 22.4 Å².